The van der Waals surface area contributed by atoms with Gasteiger partial charge in [-0.05, 0) is 37.2 Å². The molecule has 2 fully saturated rings. The van der Waals surface area contributed by atoms with Crippen LogP contribution in [0.1, 0.15) is 52.0 Å². The smallest absolute Gasteiger partial charge is 0.313 e. The molecule has 4 heterocycles. The van der Waals surface area contributed by atoms with Crippen molar-refractivity contribution in [3.8, 4) is 0 Å². The van der Waals surface area contributed by atoms with Crippen LogP contribution in [-0.2, 0) is 30.4 Å². The van der Waals surface area contributed by atoms with Gasteiger partial charge >= 0.3 is 5.97 Å². The molecule has 4 aliphatic heterocycles. The van der Waals surface area contributed by atoms with Gasteiger partial charge in [-0.3, -0.25) is 14.4 Å². The van der Waals surface area contributed by atoms with E-state index in [-0.39, 0.29) is 30.9 Å². The van der Waals surface area contributed by atoms with Crippen LogP contribution >= 0.6 is 0 Å². The van der Waals surface area contributed by atoms with E-state index >= 15 is 0 Å². The molecule has 0 bridgehead atoms. The second kappa shape index (κ2) is 10.9. The number of ether oxygens (including phenoxy) is 2. The Bertz CT molecular complexity index is 1150. The Morgan fingerprint density at radius 2 is 1.79 bits per heavy atom. The van der Waals surface area contributed by atoms with E-state index in [1.54, 1.807) is 4.90 Å². The van der Waals surface area contributed by atoms with Crippen molar-refractivity contribution in [2.75, 3.05) is 19.8 Å². The fraction of sp³-hybridized carbons (Fsp3) is 0.581. The lowest BCUT2D eigenvalue weighted by molar-refractivity contribution is -0.164. The van der Waals surface area contributed by atoms with Gasteiger partial charge in [0.15, 0.2) is 0 Å². The Morgan fingerprint density at radius 1 is 1.03 bits per heavy atom. The minimum absolute atomic E-state index is 0.121. The Hall–Kier alpha value is -2.97. The lowest BCUT2D eigenvalue weighted by Crippen LogP contribution is -2.59. The molecule has 39 heavy (non-hydrogen) atoms. The van der Waals surface area contributed by atoms with E-state index in [1.165, 1.54) is 4.90 Å². The summed E-state index contributed by atoms with van der Waals surface area (Å²) in [6.07, 6.45) is 10.6. The molecule has 0 radical (unpaired) electrons. The number of aliphatic hydroxyl groups is 1. The Labute approximate surface area is 230 Å². The molecule has 8 heteroatoms. The monoisotopic (exact) mass is 536 g/mol. The van der Waals surface area contributed by atoms with E-state index in [9.17, 15) is 19.5 Å². The highest BCUT2D eigenvalue weighted by Crippen LogP contribution is 2.58. The third kappa shape index (κ3) is 4.51. The molecule has 0 aromatic heterocycles. The Balaban J connectivity index is 1.66. The normalized spacial score (nSPS) is 34.3. The molecule has 2 amide bonds. The number of aliphatic hydroxyl groups excluding tert-OH is 1. The van der Waals surface area contributed by atoms with Crippen LogP contribution in [0.4, 0.5) is 0 Å². The fourth-order valence-corrected chi connectivity index (χ4v) is 6.95. The number of esters is 1. The molecule has 4 aliphatic rings. The quantitative estimate of drug-likeness (QED) is 0.443. The summed E-state index contributed by atoms with van der Waals surface area (Å²) in [6.45, 7) is 6.50. The van der Waals surface area contributed by atoms with Crippen molar-refractivity contribution < 1.29 is 29.0 Å². The molecule has 8 nitrogen and oxygen atoms in total. The molecule has 1 N–H and O–H groups in total. The zero-order chi connectivity index (χ0) is 27.8. The van der Waals surface area contributed by atoms with Gasteiger partial charge in [-0.15, -0.1) is 0 Å². The molecule has 5 rings (SSSR count). The van der Waals surface area contributed by atoms with Gasteiger partial charge in [-0.1, -0.05) is 75.4 Å². The first-order valence-electron chi connectivity index (χ1n) is 14.3. The standard InChI is InChI=1S/C31H40N2O6/c1-4-30-15-10-5-6-11-18-38-29(37)25(30)24-27(35)33(23(20-34)21(2)3)26-28(36)32(17-12-16-31(24,26)39-30)19-22-13-8-7-9-14-22/h7-10,12-16,21,23-26,34H,4-6,11,17-20H2,1-3H3/b15-10-/t23-,24-,25+,26?,30-,31-/m0/s1. The van der Waals surface area contributed by atoms with Gasteiger partial charge < -0.3 is 24.4 Å². The van der Waals surface area contributed by atoms with Gasteiger partial charge in [0.05, 0.1) is 25.2 Å². The van der Waals surface area contributed by atoms with E-state index in [1.807, 2.05) is 75.4 Å². The van der Waals surface area contributed by atoms with Crippen LogP contribution in [0.25, 0.3) is 0 Å². The van der Waals surface area contributed by atoms with Crippen molar-refractivity contribution in [3.05, 3.63) is 60.2 Å². The first-order valence-corrected chi connectivity index (χ1v) is 14.3. The van der Waals surface area contributed by atoms with Gasteiger partial charge in [0, 0.05) is 13.1 Å². The van der Waals surface area contributed by atoms with Crippen molar-refractivity contribution in [2.24, 2.45) is 17.8 Å². The number of rotatable bonds is 6. The van der Waals surface area contributed by atoms with Gasteiger partial charge in [-0.2, -0.15) is 0 Å². The predicted molar refractivity (Wildman–Crippen MR) is 145 cm³/mol. The second-order valence-electron chi connectivity index (χ2n) is 11.5. The van der Waals surface area contributed by atoms with Crippen LogP contribution in [0.5, 0.6) is 0 Å². The van der Waals surface area contributed by atoms with Crippen LogP contribution in [0.15, 0.2) is 54.6 Å². The van der Waals surface area contributed by atoms with Gasteiger partial charge in [0.25, 0.3) is 0 Å². The number of carbonyl (C=O) groups is 3. The summed E-state index contributed by atoms with van der Waals surface area (Å²) in [6, 6.07) is 8.11. The second-order valence-corrected chi connectivity index (χ2v) is 11.5. The number of hydrogen-bond acceptors (Lipinski definition) is 6. The molecule has 6 atom stereocenters. The molecule has 210 valence electrons. The van der Waals surface area contributed by atoms with Gasteiger partial charge in [0.1, 0.15) is 23.2 Å². The number of likely N-dealkylation sites (tertiary alicyclic amines) is 1. The van der Waals surface area contributed by atoms with E-state index < -0.39 is 41.1 Å². The van der Waals surface area contributed by atoms with Crippen LogP contribution in [-0.4, -0.2) is 75.7 Å². The number of hydrogen-bond donors (Lipinski definition) is 1. The molecule has 1 unspecified atom stereocenters. The lowest BCUT2D eigenvalue weighted by Gasteiger charge is -2.41. The SMILES string of the molecule is CC[C@]12/C=C\CCCCOC(=O)[C@H]1[C@H]1C(=O)N([C@@H](CO)C(C)C)C3C(=O)N(Cc4ccccc4)CC=C[C@@]31O2. The number of cyclic esters (lactones) is 1. The summed E-state index contributed by atoms with van der Waals surface area (Å²) in [7, 11) is 0. The molecular weight excluding hydrogens is 496 g/mol. The zero-order valence-electron chi connectivity index (χ0n) is 23.1. The van der Waals surface area contributed by atoms with Crippen molar-refractivity contribution in [1.29, 1.82) is 0 Å². The molecule has 2 saturated heterocycles. The maximum absolute atomic E-state index is 14.5. The average molecular weight is 537 g/mol. The van der Waals surface area contributed by atoms with Crippen molar-refractivity contribution in [2.45, 2.75) is 76.3 Å². The van der Waals surface area contributed by atoms with E-state index in [0.717, 1.165) is 24.8 Å². The van der Waals surface area contributed by atoms with E-state index in [4.69, 9.17) is 9.47 Å². The summed E-state index contributed by atoms with van der Waals surface area (Å²) in [5.74, 6) is -3.01. The van der Waals surface area contributed by atoms with Gasteiger partial charge in [0.2, 0.25) is 11.8 Å². The lowest BCUT2D eigenvalue weighted by atomic mass is 9.73. The maximum atomic E-state index is 14.5. The number of fused-ring (bicyclic) bond motifs is 2. The summed E-state index contributed by atoms with van der Waals surface area (Å²) < 4.78 is 12.7. The molecule has 0 saturated carbocycles. The van der Waals surface area contributed by atoms with Crippen molar-refractivity contribution in [1.82, 2.24) is 9.80 Å². The van der Waals surface area contributed by atoms with Crippen LogP contribution in [0.2, 0.25) is 0 Å². The minimum Gasteiger partial charge on any atom is -0.465 e. The molecule has 1 aromatic rings. The Morgan fingerprint density at radius 3 is 2.49 bits per heavy atom. The van der Waals surface area contributed by atoms with E-state index in [0.29, 0.717) is 19.5 Å². The topological polar surface area (TPSA) is 96.4 Å². The molecule has 1 aromatic carbocycles. The first kappa shape index (κ1) is 27.6. The Kier molecular flexibility index (Phi) is 7.71. The summed E-state index contributed by atoms with van der Waals surface area (Å²) in [4.78, 5) is 45.9. The number of carbonyl (C=O) groups excluding carboxylic acids is 3. The van der Waals surface area contributed by atoms with Gasteiger partial charge in [-0.25, -0.2) is 0 Å². The summed E-state index contributed by atoms with van der Waals surface area (Å²) in [5.41, 5.74) is -1.46. The molecule has 1 spiro atoms. The minimum atomic E-state index is -1.36. The summed E-state index contributed by atoms with van der Waals surface area (Å²) in [5, 5.41) is 10.4. The van der Waals surface area contributed by atoms with Crippen molar-refractivity contribution in [3.63, 3.8) is 0 Å². The number of amides is 2. The summed E-state index contributed by atoms with van der Waals surface area (Å²) >= 11 is 0. The molecule has 0 aliphatic carbocycles. The third-order valence-electron chi connectivity index (χ3n) is 8.93. The highest BCUT2D eigenvalue weighted by molar-refractivity contribution is 5.99. The van der Waals surface area contributed by atoms with Crippen LogP contribution in [0.3, 0.4) is 0 Å². The first-order chi connectivity index (χ1) is 18.8. The predicted octanol–water partition coefficient (Wildman–Crippen LogP) is 3.25. The average Bonchev–Trinajstić information content (AvgIpc) is 3.29. The number of benzene rings is 1. The largest absolute Gasteiger partial charge is 0.465 e. The van der Waals surface area contributed by atoms with E-state index in [2.05, 4.69) is 0 Å². The third-order valence-corrected chi connectivity index (χ3v) is 8.93. The van der Waals surface area contributed by atoms with Crippen molar-refractivity contribution >= 4 is 17.8 Å². The zero-order valence-corrected chi connectivity index (χ0v) is 23.1. The fourth-order valence-electron chi connectivity index (χ4n) is 6.95. The highest BCUT2D eigenvalue weighted by atomic mass is 16.6. The van der Waals surface area contributed by atoms with Crippen LogP contribution < -0.4 is 0 Å². The van der Waals surface area contributed by atoms with Crippen LogP contribution in [0, 0.1) is 17.8 Å². The highest BCUT2D eigenvalue weighted by Gasteiger charge is 2.76. The molecular formula is C31H40N2O6. The number of nitrogens with zero attached hydrogens (tertiary/aromatic N) is 2. The maximum Gasteiger partial charge on any atom is 0.313 e. The number of allylic oxidation sites excluding steroid dienone is 1.